The number of nitrogens with two attached hydrogens (primary N) is 1. The zero-order chi connectivity index (χ0) is 13.9. The van der Waals surface area contributed by atoms with Crippen LogP contribution in [0.3, 0.4) is 0 Å². The molecule has 0 aromatic rings. The molecule has 0 saturated heterocycles. The van der Waals surface area contributed by atoms with Crippen molar-refractivity contribution in [1.29, 1.82) is 5.26 Å². The van der Waals surface area contributed by atoms with Crippen LogP contribution in [-0.2, 0) is 4.79 Å². The first kappa shape index (κ1) is 15.0. The maximum absolute atomic E-state index is 11.0. The first-order chi connectivity index (χ1) is 8.25. The number of likely N-dealkylation sites (N-methyl/N-ethyl adjacent to an activating group) is 1. The van der Waals surface area contributed by atoms with E-state index in [0.29, 0.717) is 5.92 Å². The van der Waals surface area contributed by atoms with Gasteiger partial charge in [-0.05, 0) is 37.6 Å². The lowest BCUT2D eigenvalue weighted by Gasteiger charge is -2.42. The van der Waals surface area contributed by atoms with Gasteiger partial charge in [-0.2, -0.15) is 5.26 Å². The van der Waals surface area contributed by atoms with Crippen LogP contribution in [0.5, 0.6) is 0 Å². The van der Waals surface area contributed by atoms with Gasteiger partial charge in [-0.15, -0.1) is 0 Å². The van der Waals surface area contributed by atoms with E-state index in [9.17, 15) is 10.1 Å². The molecular weight excluding hydrogens is 226 g/mol. The van der Waals surface area contributed by atoms with Crippen molar-refractivity contribution in [3.05, 3.63) is 0 Å². The zero-order valence-corrected chi connectivity index (χ0v) is 11.9. The van der Waals surface area contributed by atoms with E-state index in [1.807, 2.05) is 11.9 Å². The third-order valence-electron chi connectivity index (χ3n) is 4.18. The van der Waals surface area contributed by atoms with Crippen molar-refractivity contribution < 1.29 is 4.79 Å². The summed E-state index contributed by atoms with van der Waals surface area (Å²) in [6.07, 6.45) is 3.00. The second-order valence-corrected chi connectivity index (χ2v) is 6.56. The summed E-state index contributed by atoms with van der Waals surface area (Å²) in [5.74, 6) is 0.294. The van der Waals surface area contributed by atoms with Gasteiger partial charge in [0.05, 0.1) is 18.5 Å². The molecule has 0 aliphatic heterocycles. The molecule has 3 atom stereocenters. The molecule has 18 heavy (non-hydrogen) atoms. The lowest BCUT2D eigenvalue weighted by atomic mass is 9.68. The summed E-state index contributed by atoms with van der Waals surface area (Å²) in [5.41, 5.74) is 5.50. The fraction of sp³-hybridized carbons (Fsp3) is 0.857. The van der Waals surface area contributed by atoms with Gasteiger partial charge in [-0.25, -0.2) is 0 Å². The van der Waals surface area contributed by atoms with Crippen LogP contribution < -0.4 is 5.73 Å². The minimum atomic E-state index is -0.327. The SMILES string of the molecule is CN(CC(N)=O)C1CC(C(C)(C)C)CCC1C#N. The number of nitrogens with zero attached hydrogens (tertiary/aromatic N) is 2. The summed E-state index contributed by atoms with van der Waals surface area (Å²) in [6, 6.07) is 2.54. The second kappa shape index (κ2) is 5.71. The Kier molecular flexibility index (Phi) is 4.75. The zero-order valence-electron chi connectivity index (χ0n) is 11.9. The highest BCUT2D eigenvalue weighted by Gasteiger charge is 2.37. The predicted octanol–water partition coefficient (Wildman–Crippen LogP) is 1.76. The average molecular weight is 251 g/mol. The van der Waals surface area contributed by atoms with Gasteiger partial charge < -0.3 is 5.73 Å². The molecule has 1 aliphatic rings. The van der Waals surface area contributed by atoms with Crippen LogP contribution in [0.25, 0.3) is 0 Å². The Hall–Kier alpha value is -1.08. The predicted molar refractivity (Wildman–Crippen MR) is 71.5 cm³/mol. The maximum atomic E-state index is 11.0. The molecule has 4 heteroatoms. The molecule has 1 rings (SSSR count). The molecular formula is C14H25N3O. The third kappa shape index (κ3) is 3.71. The molecule has 3 unspecified atom stereocenters. The fourth-order valence-electron chi connectivity index (χ4n) is 2.93. The monoisotopic (exact) mass is 251 g/mol. The largest absolute Gasteiger partial charge is 0.369 e. The van der Waals surface area contributed by atoms with E-state index < -0.39 is 0 Å². The summed E-state index contributed by atoms with van der Waals surface area (Å²) >= 11 is 0. The van der Waals surface area contributed by atoms with Gasteiger partial charge in [-0.1, -0.05) is 20.8 Å². The molecule has 1 fully saturated rings. The number of nitriles is 1. The molecule has 1 saturated carbocycles. The van der Waals surface area contributed by atoms with E-state index in [-0.39, 0.29) is 29.8 Å². The molecule has 1 amide bonds. The number of rotatable bonds is 3. The van der Waals surface area contributed by atoms with Crippen molar-refractivity contribution in [2.75, 3.05) is 13.6 Å². The van der Waals surface area contributed by atoms with Crippen molar-refractivity contribution in [2.24, 2.45) is 23.0 Å². The number of hydrogen-bond donors (Lipinski definition) is 1. The smallest absolute Gasteiger partial charge is 0.231 e. The van der Waals surface area contributed by atoms with E-state index in [4.69, 9.17) is 5.73 Å². The van der Waals surface area contributed by atoms with E-state index in [2.05, 4.69) is 26.8 Å². The van der Waals surface area contributed by atoms with Crippen LogP contribution in [0.4, 0.5) is 0 Å². The third-order valence-corrected chi connectivity index (χ3v) is 4.18. The molecule has 0 spiro atoms. The lowest BCUT2D eigenvalue weighted by Crippen LogP contribution is -2.47. The van der Waals surface area contributed by atoms with Gasteiger partial charge >= 0.3 is 0 Å². The van der Waals surface area contributed by atoms with E-state index in [0.717, 1.165) is 19.3 Å². The van der Waals surface area contributed by atoms with Gasteiger partial charge in [0.2, 0.25) is 5.91 Å². The van der Waals surface area contributed by atoms with Crippen molar-refractivity contribution >= 4 is 5.91 Å². The Morgan fingerprint density at radius 2 is 2.06 bits per heavy atom. The van der Waals surface area contributed by atoms with Crippen LogP contribution in [0.15, 0.2) is 0 Å². The minimum absolute atomic E-state index is 0.0212. The summed E-state index contributed by atoms with van der Waals surface area (Å²) < 4.78 is 0. The summed E-state index contributed by atoms with van der Waals surface area (Å²) in [6.45, 7) is 6.97. The van der Waals surface area contributed by atoms with Crippen LogP contribution in [0.1, 0.15) is 40.0 Å². The molecule has 0 aromatic heterocycles. The number of hydrogen-bond acceptors (Lipinski definition) is 3. The average Bonchev–Trinajstić information content (AvgIpc) is 2.26. The number of carbonyl (C=O) groups excluding carboxylic acids is 1. The fourth-order valence-corrected chi connectivity index (χ4v) is 2.93. The van der Waals surface area contributed by atoms with E-state index >= 15 is 0 Å². The molecule has 2 N–H and O–H groups in total. The highest BCUT2D eigenvalue weighted by molar-refractivity contribution is 5.75. The summed E-state index contributed by atoms with van der Waals surface area (Å²) in [5, 5.41) is 9.24. The number of carbonyl (C=O) groups is 1. The van der Waals surface area contributed by atoms with Crippen molar-refractivity contribution in [2.45, 2.75) is 46.1 Å². The Morgan fingerprint density at radius 3 is 2.50 bits per heavy atom. The van der Waals surface area contributed by atoms with Crippen molar-refractivity contribution in [1.82, 2.24) is 4.90 Å². The van der Waals surface area contributed by atoms with Gasteiger partial charge in [-0.3, -0.25) is 9.69 Å². The topological polar surface area (TPSA) is 70.1 Å². The molecule has 0 heterocycles. The minimum Gasteiger partial charge on any atom is -0.369 e. The van der Waals surface area contributed by atoms with Gasteiger partial charge in [0.25, 0.3) is 0 Å². The Bertz CT molecular complexity index is 340. The Morgan fingerprint density at radius 1 is 1.44 bits per heavy atom. The first-order valence-corrected chi connectivity index (χ1v) is 6.64. The summed E-state index contributed by atoms with van der Waals surface area (Å²) in [7, 11) is 1.89. The molecule has 1 aliphatic carbocycles. The molecule has 0 bridgehead atoms. The van der Waals surface area contributed by atoms with Gasteiger partial charge in [0, 0.05) is 6.04 Å². The lowest BCUT2D eigenvalue weighted by molar-refractivity contribution is -0.119. The normalized spacial score (nSPS) is 29.0. The Labute approximate surface area is 110 Å². The van der Waals surface area contributed by atoms with Crippen LogP contribution >= 0.6 is 0 Å². The van der Waals surface area contributed by atoms with E-state index in [1.165, 1.54) is 0 Å². The standard InChI is InChI=1S/C14H25N3O/c1-14(2,3)11-6-5-10(8-15)12(7-11)17(4)9-13(16)18/h10-12H,5-7,9H2,1-4H3,(H2,16,18). The van der Waals surface area contributed by atoms with E-state index in [1.54, 1.807) is 0 Å². The van der Waals surface area contributed by atoms with Crippen LogP contribution in [0.2, 0.25) is 0 Å². The second-order valence-electron chi connectivity index (χ2n) is 6.56. The molecule has 0 radical (unpaired) electrons. The number of primary amides is 1. The highest BCUT2D eigenvalue weighted by Crippen LogP contribution is 2.41. The quantitative estimate of drug-likeness (QED) is 0.831. The molecule has 102 valence electrons. The van der Waals surface area contributed by atoms with Crippen molar-refractivity contribution in [3.63, 3.8) is 0 Å². The first-order valence-electron chi connectivity index (χ1n) is 6.64. The van der Waals surface area contributed by atoms with Crippen LogP contribution in [0, 0.1) is 28.6 Å². The van der Waals surface area contributed by atoms with Gasteiger partial charge in [0.15, 0.2) is 0 Å². The van der Waals surface area contributed by atoms with Gasteiger partial charge in [0.1, 0.15) is 0 Å². The Balaban J connectivity index is 2.77. The number of amides is 1. The van der Waals surface area contributed by atoms with Crippen molar-refractivity contribution in [3.8, 4) is 6.07 Å². The highest BCUT2D eigenvalue weighted by atomic mass is 16.1. The molecule has 4 nitrogen and oxygen atoms in total. The van der Waals surface area contributed by atoms with Crippen LogP contribution in [-0.4, -0.2) is 30.4 Å². The molecule has 0 aromatic carbocycles. The maximum Gasteiger partial charge on any atom is 0.231 e. The summed E-state index contributed by atoms with van der Waals surface area (Å²) in [4.78, 5) is 13.0.